The molecule has 0 aliphatic heterocycles. The number of nitrogens with two attached hydrogens (primary N) is 1. The quantitative estimate of drug-likeness (QED) is 0.719. The van der Waals surface area contributed by atoms with Crippen LogP contribution in [-0.2, 0) is 16.6 Å². The van der Waals surface area contributed by atoms with Crippen LogP contribution in [0.2, 0.25) is 0 Å². The van der Waals surface area contributed by atoms with E-state index in [2.05, 4.69) is 10.0 Å². The third kappa shape index (κ3) is 3.07. The third-order valence-corrected chi connectivity index (χ3v) is 4.08. The fourth-order valence-electron chi connectivity index (χ4n) is 1.61. The van der Waals surface area contributed by atoms with Gasteiger partial charge in [0.2, 0.25) is 10.0 Å². The van der Waals surface area contributed by atoms with E-state index in [0.29, 0.717) is 17.9 Å². The molecule has 0 saturated heterocycles. The van der Waals surface area contributed by atoms with Gasteiger partial charge in [-0.05, 0) is 31.3 Å². The summed E-state index contributed by atoms with van der Waals surface area (Å²) in [7, 11) is -2.20. The summed E-state index contributed by atoms with van der Waals surface area (Å²) in [6.07, 6.45) is 3.15. The molecule has 0 saturated carbocycles. The molecule has 2 rings (SSSR count). The number of hydrogen-bond donors (Lipinski definition) is 3. The minimum Gasteiger partial charge on any atom is -0.472 e. The molecule has 1 heterocycles. The third-order valence-electron chi connectivity index (χ3n) is 2.63. The number of hydrogen-bond acceptors (Lipinski definition) is 5. The summed E-state index contributed by atoms with van der Waals surface area (Å²) in [6, 6.07) is 6.51. The van der Waals surface area contributed by atoms with Crippen LogP contribution >= 0.6 is 0 Å². The minimum absolute atomic E-state index is 0.124. The molecule has 4 N–H and O–H groups in total. The van der Waals surface area contributed by atoms with Crippen molar-refractivity contribution in [3.05, 3.63) is 42.4 Å². The normalized spacial score (nSPS) is 11.4. The summed E-state index contributed by atoms with van der Waals surface area (Å²) in [6.45, 7) is 0.465. The second-order valence-corrected chi connectivity index (χ2v) is 5.80. The van der Waals surface area contributed by atoms with Gasteiger partial charge in [0.15, 0.2) is 0 Å². The molecule has 19 heavy (non-hydrogen) atoms. The van der Waals surface area contributed by atoms with Crippen molar-refractivity contribution in [1.82, 2.24) is 4.72 Å². The molecule has 0 atom stereocenters. The Kier molecular flexibility index (Phi) is 3.77. The summed E-state index contributed by atoms with van der Waals surface area (Å²) in [5.74, 6) is 0. The number of furan rings is 1. The van der Waals surface area contributed by atoms with Gasteiger partial charge >= 0.3 is 0 Å². The summed E-state index contributed by atoms with van der Waals surface area (Å²) in [4.78, 5) is 0.124. The Labute approximate surface area is 111 Å². The van der Waals surface area contributed by atoms with Crippen molar-refractivity contribution in [3.8, 4) is 0 Å². The van der Waals surface area contributed by atoms with E-state index in [1.165, 1.54) is 13.1 Å². The van der Waals surface area contributed by atoms with Crippen LogP contribution in [0, 0.1) is 0 Å². The molecule has 0 fully saturated rings. The zero-order chi connectivity index (χ0) is 13.9. The van der Waals surface area contributed by atoms with Crippen LogP contribution in [0.3, 0.4) is 0 Å². The van der Waals surface area contributed by atoms with Gasteiger partial charge in [0, 0.05) is 17.8 Å². The van der Waals surface area contributed by atoms with Gasteiger partial charge in [0.1, 0.15) is 4.90 Å². The average Bonchev–Trinajstić information content (AvgIpc) is 2.90. The van der Waals surface area contributed by atoms with Gasteiger partial charge in [-0.1, -0.05) is 0 Å². The van der Waals surface area contributed by atoms with E-state index in [1.807, 2.05) is 0 Å². The molecule has 7 heteroatoms. The molecule has 102 valence electrons. The van der Waals surface area contributed by atoms with E-state index in [9.17, 15) is 8.42 Å². The Hall–Kier alpha value is -1.99. The first-order valence-corrected chi connectivity index (χ1v) is 7.09. The largest absolute Gasteiger partial charge is 0.472 e. The maximum atomic E-state index is 11.9. The maximum Gasteiger partial charge on any atom is 0.242 e. The summed E-state index contributed by atoms with van der Waals surface area (Å²) < 4.78 is 31.0. The second kappa shape index (κ2) is 5.33. The van der Waals surface area contributed by atoms with Gasteiger partial charge in [-0.2, -0.15) is 0 Å². The topological polar surface area (TPSA) is 97.4 Å². The van der Waals surface area contributed by atoms with Crippen LogP contribution in [0.15, 0.2) is 46.1 Å². The van der Waals surface area contributed by atoms with Crippen LogP contribution in [0.1, 0.15) is 5.56 Å². The first-order valence-electron chi connectivity index (χ1n) is 5.61. The molecule has 0 aliphatic carbocycles. The van der Waals surface area contributed by atoms with E-state index in [1.54, 1.807) is 30.7 Å². The molecular formula is C12H15N3O3S. The molecule has 0 spiro atoms. The predicted molar refractivity (Wildman–Crippen MR) is 73.1 cm³/mol. The van der Waals surface area contributed by atoms with Crippen molar-refractivity contribution in [2.75, 3.05) is 18.1 Å². The van der Waals surface area contributed by atoms with E-state index in [0.717, 1.165) is 5.56 Å². The Bertz CT molecular complexity index is 651. The number of anilines is 2. The molecule has 1 aromatic heterocycles. The molecule has 0 aliphatic rings. The molecule has 0 bridgehead atoms. The Morgan fingerprint density at radius 1 is 1.32 bits per heavy atom. The number of rotatable bonds is 5. The van der Waals surface area contributed by atoms with Crippen molar-refractivity contribution >= 4 is 21.4 Å². The minimum atomic E-state index is -3.56. The van der Waals surface area contributed by atoms with Crippen molar-refractivity contribution in [2.24, 2.45) is 0 Å². The summed E-state index contributed by atoms with van der Waals surface area (Å²) in [5, 5.41) is 3.05. The van der Waals surface area contributed by atoms with Gasteiger partial charge in [0.25, 0.3) is 0 Å². The first-order chi connectivity index (χ1) is 9.03. The molecule has 0 amide bonds. The second-order valence-electron chi connectivity index (χ2n) is 3.95. The SMILES string of the molecule is CNS(=O)(=O)c1cc(N)ccc1NCc1ccoc1. The summed E-state index contributed by atoms with van der Waals surface area (Å²) in [5.41, 5.74) is 7.44. The smallest absolute Gasteiger partial charge is 0.242 e. The van der Waals surface area contributed by atoms with Gasteiger partial charge in [-0.15, -0.1) is 0 Å². The molecule has 6 nitrogen and oxygen atoms in total. The van der Waals surface area contributed by atoms with Crippen molar-refractivity contribution < 1.29 is 12.8 Å². The van der Waals surface area contributed by atoms with E-state index in [-0.39, 0.29) is 4.90 Å². The fraction of sp³-hybridized carbons (Fsp3) is 0.167. The van der Waals surface area contributed by atoms with Gasteiger partial charge in [-0.3, -0.25) is 0 Å². The number of sulfonamides is 1. The van der Waals surface area contributed by atoms with Crippen molar-refractivity contribution in [2.45, 2.75) is 11.4 Å². The van der Waals surface area contributed by atoms with E-state index < -0.39 is 10.0 Å². The highest BCUT2D eigenvalue weighted by Crippen LogP contribution is 2.24. The average molecular weight is 281 g/mol. The molecule has 2 aromatic rings. The number of nitrogens with one attached hydrogen (secondary N) is 2. The van der Waals surface area contributed by atoms with E-state index >= 15 is 0 Å². The van der Waals surface area contributed by atoms with Crippen LogP contribution in [0.25, 0.3) is 0 Å². The molecular weight excluding hydrogens is 266 g/mol. The van der Waals surface area contributed by atoms with Gasteiger partial charge in [-0.25, -0.2) is 13.1 Å². The maximum absolute atomic E-state index is 11.9. The Morgan fingerprint density at radius 2 is 2.11 bits per heavy atom. The van der Waals surface area contributed by atoms with Crippen molar-refractivity contribution in [1.29, 1.82) is 0 Å². The Balaban J connectivity index is 2.30. The highest BCUT2D eigenvalue weighted by atomic mass is 32.2. The van der Waals surface area contributed by atoms with Gasteiger partial charge < -0.3 is 15.5 Å². The molecule has 0 radical (unpaired) electrons. The zero-order valence-corrected chi connectivity index (χ0v) is 11.2. The lowest BCUT2D eigenvalue weighted by atomic mass is 10.2. The first kappa shape index (κ1) is 13.4. The standard InChI is InChI=1S/C12H15N3O3S/c1-14-19(16,17)12-6-10(13)2-3-11(12)15-7-9-4-5-18-8-9/h2-6,8,14-15H,7,13H2,1H3. The predicted octanol–water partition coefficient (Wildman–Crippen LogP) is 1.38. The Morgan fingerprint density at radius 3 is 2.74 bits per heavy atom. The van der Waals surface area contributed by atoms with Crippen LogP contribution in [0.5, 0.6) is 0 Å². The van der Waals surface area contributed by atoms with Crippen LogP contribution < -0.4 is 15.8 Å². The highest BCUT2D eigenvalue weighted by molar-refractivity contribution is 7.89. The lowest BCUT2D eigenvalue weighted by Crippen LogP contribution is -2.20. The number of nitrogen functional groups attached to an aromatic ring is 1. The lowest BCUT2D eigenvalue weighted by Gasteiger charge is -2.12. The van der Waals surface area contributed by atoms with Crippen molar-refractivity contribution in [3.63, 3.8) is 0 Å². The van der Waals surface area contributed by atoms with Crippen LogP contribution in [0.4, 0.5) is 11.4 Å². The monoisotopic (exact) mass is 281 g/mol. The summed E-state index contributed by atoms with van der Waals surface area (Å²) >= 11 is 0. The fourth-order valence-corrected chi connectivity index (χ4v) is 2.55. The van der Waals surface area contributed by atoms with E-state index in [4.69, 9.17) is 10.2 Å². The zero-order valence-electron chi connectivity index (χ0n) is 10.4. The van der Waals surface area contributed by atoms with Gasteiger partial charge in [0.05, 0.1) is 18.2 Å². The molecule has 1 aromatic carbocycles. The van der Waals surface area contributed by atoms with Crippen LogP contribution in [-0.4, -0.2) is 15.5 Å². The number of benzene rings is 1. The molecule has 0 unspecified atom stereocenters. The lowest BCUT2D eigenvalue weighted by molar-refractivity contribution is 0.564. The highest BCUT2D eigenvalue weighted by Gasteiger charge is 2.16.